The van der Waals surface area contributed by atoms with Crippen molar-refractivity contribution in [3.63, 3.8) is 0 Å². The van der Waals surface area contributed by atoms with Gasteiger partial charge in [0.2, 0.25) is 0 Å². The number of aromatic nitrogens is 2. The molecule has 0 radical (unpaired) electrons. The lowest BCUT2D eigenvalue weighted by molar-refractivity contribution is 0.0507. The van der Waals surface area contributed by atoms with E-state index in [1.807, 2.05) is 30.3 Å². The van der Waals surface area contributed by atoms with E-state index in [1.165, 1.54) is 17.1 Å². The predicted octanol–water partition coefficient (Wildman–Crippen LogP) is 3.97. The third kappa shape index (κ3) is 3.58. The topological polar surface area (TPSA) is 62.6 Å². The number of fused-ring (bicyclic) bond motifs is 1. The van der Waals surface area contributed by atoms with Crippen LogP contribution in [0.3, 0.4) is 0 Å². The summed E-state index contributed by atoms with van der Waals surface area (Å²) in [7, 11) is 1.57. The number of methoxy groups -OCH3 is 1. The van der Waals surface area contributed by atoms with E-state index in [0.717, 1.165) is 20.8 Å². The molecule has 3 rings (SSSR count). The van der Waals surface area contributed by atoms with E-state index in [4.69, 9.17) is 14.2 Å². The molecule has 24 heavy (non-hydrogen) atoms. The highest BCUT2D eigenvalue weighted by molar-refractivity contribution is 9.10. The van der Waals surface area contributed by atoms with Crippen molar-refractivity contribution in [3.05, 3.63) is 59.1 Å². The van der Waals surface area contributed by atoms with Gasteiger partial charge in [0, 0.05) is 24.9 Å². The molecule has 0 bridgehead atoms. The van der Waals surface area contributed by atoms with E-state index < -0.39 is 6.09 Å². The average Bonchev–Trinajstić information content (AvgIpc) is 3.14. The Labute approximate surface area is 147 Å². The van der Waals surface area contributed by atoms with Crippen LogP contribution < -0.4 is 4.74 Å². The van der Waals surface area contributed by atoms with E-state index in [0.29, 0.717) is 5.75 Å². The minimum atomic E-state index is -0.469. The highest BCUT2D eigenvalue weighted by atomic mass is 79.9. The molecule has 6 nitrogen and oxygen atoms in total. The zero-order valence-electron chi connectivity index (χ0n) is 12.9. The molecular formula is C17H15BrN2O4. The lowest BCUT2D eigenvalue weighted by Crippen LogP contribution is -2.11. The predicted molar refractivity (Wildman–Crippen MR) is 92.0 cm³/mol. The number of halogens is 1. The normalized spacial score (nSPS) is 10.8. The van der Waals surface area contributed by atoms with E-state index in [9.17, 15) is 4.79 Å². The molecule has 3 aromatic rings. The monoisotopic (exact) mass is 390 g/mol. The van der Waals surface area contributed by atoms with Crippen molar-refractivity contribution < 1.29 is 19.0 Å². The fourth-order valence-corrected chi connectivity index (χ4v) is 2.81. The summed E-state index contributed by atoms with van der Waals surface area (Å²) < 4.78 is 17.8. The molecule has 2 aromatic carbocycles. The smallest absolute Gasteiger partial charge is 0.419 e. The Bertz CT molecular complexity index is 849. The molecule has 0 aliphatic carbocycles. The van der Waals surface area contributed by atoms with Crippen molar-refractivity contribution in [3.8, 4) is 5.75 Å². The number of carbonyl (C=O) groups is 1. The highest BCUT2D eigenvalue weighted by Crippen LogP contribution is 2.33. The van der Waals surface area contributed by atoms with Crippen LogP contribution in [0.2, 0.25) is 0 Å². The number of hydrogen-bond donors (Lipinski definition) is 0. The van der Waals surface area contributed by atoms with Crippen LogP contribution in [-0.4, -0.2) is 29.5 Å². The number of nitrogens with zero attached hydrogens (tertiary/aromatic N) is 2. The van der Waals surface area contributed by atoms with E-state index in [2.05, 4.69) is 20.9 Å². The number of benzene rings is 2. The van der Waals surface area contributed by atoms with E-state index in [-0.39, 0.29) is 13.4 Å². The molecule has 124 valence electrons. The Kier molecular flexibility index (Phi) is 5.12. The largest absolute Gasteiger partial charge is 0.466 e. The van der Waals surface area contributed by atoms with E-state index in [1.54, 1.807) is 13.3 Å². The van der Waals surface area contributed by atoms with Crippen molar-refractivity contribution in [2.24, 2.45) is 0 Å². The number of carbonyl (C=O) groups excluding carboxylic acids is 1. The Morgan fingerprint density at radius 1 is 1.29 bits per heavy atom. The zero-order chi connectivity index (χ0) is 16.9. The second-order valence-electron chi connectivity index (χ2n) is 5.01. The lowest BCUT2D eigenvalue weighted by Gasteiger charge is -2.11. The fourth-order valence-electron chi connectivity index (χ4n) is 2.22. The molecule has 0 fully saturated rings. The van der Waals surface area contributed by atoms with Gasteiger partial charge >= 0.3 is 6.09 Å². The lowest BCUT2D eigenvalue weighted by atomic mass is 10.1. The first-order valence-electron chi connectivity index (χ1n) is 7.17. The van der Waals surface area contributed by atoms with Crippen molar-refractivity contribution >= 4 is 32.8 Å². The molecule has 0 atom stereocenters. The Morgan fingerprint density at radius 3 is 2.88 bits per heavy atom. The second-order valence-corrected chi connectivity index (χ2v) is 5.80. The molecule has 0 unspecified atom stereocenters. The first-order chi connectivity index (χ1) is 11.7. The van der Waals surface area contributed by atoms with Crippen LogP contribution in [-0.2, 0) is 16.1 Å². The number of imidazole rings is 1. The Morgan fingerprint density at radius 2 is 2.12 bits per heavy atom. The summed E-state index contributed by atoms with van der Waals surface area (Å²) in [6.07, 6.45) is 4.00. The van der Waals surface area contributed by atoms with Crippen LogP contribution in [0.25, 0.3) is 10.8 Å². The summed E-state index contributed by atoms with van der Waals surface area (Å²) in [6.45, 7) is 0.342. The van der Waals surface area contributed by atoms with E-state index >= 15 is 0 Å². The number of ether oxygens (including phenoxy) is 3. The number of rotatable bonds is 5. The van der Waals surface area contributed by atoms with Gasteiger partial charge in [0.15, 0.2) is 6.79 Å². The molecule has 0 saturated carbocycles. The van der Waals surface area contributed by atoms with Crippen molar-refractivity contribution in [1.82, 2.24) is 9.55 Å². The average molecular weight is 391 g/mol. The highest BCUT2D eigenvalue weighted by Gasteiger charge is 2.09. The van der Waals surface area contributed by atoms with Gasteiger partial charge in [0.1, 0.15) is 18.7 Å². The zero-order valence-corrected chi connectivity index (χ0v) is 14.5. The van der Waals surface area contributed by atoms with Crippen LogP contribution in [0.1, 0.15) is 5.56 Å². The summed E-state index contributed by atoms with van der Waals surface area (Å²) in [5.74, 6) is 0.692. The third-order valence-electron chi connectivity index (χ3n) is 3.39. The van der Waals surface area contributed by atoms with Crippen molar-refractivity contribution in [1.29, 1.82) is 0 Å². The first kappa shape index (κ1) is 16.5. The van der Waals surface area contributed by atoms with Gasteiger partial charge in [-0.05, 0) is 39.0 Å². The van der Waals surface area contributed by atoms with Crippen LogP contribution in [0.15, 0.2) is 53.5 Å². The van der Waals surface area contributed by atoms with Gasteiger partial charge in [0.25, 0.3) is 0 Å². The summed E-state index contributed by atoms with van der Waals surface area (Å²) in [5, 5.41) is 2.02. The summed E-state index contributed by atoms with van der Waals surface area (Å²) in [4.78, 5) is 15.7. The minimum Gasteiger partial charge on any atom is -0.466 e. The molecular weight excluding hydrogens is 376 g/mol. The summed E-state index contributed by atoms with van der Waals surface area (Å²) in [5.41, 5.74) is 0.876. The van der Waals surface area contributed by atoms with Crippen LogP contribution in [0.5, 0.6) is 5.75 Å². The molecule has 0 spiro atoms. The first-order valence-corrected chi connectivity index (χ1v) is 7.96. The fraction of sp³-hybridized carbons (Fsp3) is 0.176. The van der Waals surface area contributed by atoms with Gasteiger partial charge in [-0.25, -0.2) is 14.3 Å². The van der Waals surface area contributed by atoms with Crippen molar-refractivity contribution in [2.75, 3.05) is 13.9 Å². The summed E-state index contributed by atoms with van der Waals surface area (Å²) in [6, 6.07) is 9.70. The standard InChI is InChI=1S/C17H15BrN2O4/c1-22-11-24-15-5-4-13-3-2-12(8-14(13)16(15)18)9-23-17(21)20-7-6-19-10-20/h2-8,10H,9,11H2,1H3. The van der Waals surface area contributed by atoms with Crippen LogP contribution in [0, 0.1) is 0 Å². The molecule has 7 heteroatoms. The van der Waals surface area contributed by atoms with Gasteiger partial charge in [-0.15, -0.1) is 0 Å². The maximum atomic E-state index is 11.8. The van der Waals surface area contributed by atoms with Crippen molar-refractivity contribution in [2.45, 2.75) is 6.61 Å². The van der Waals surface area contributed by atoms with Gasteiger partial charge in [-0.3, -0.25) is 0 Å². The van der Waals surface area contributed by atoms with Gasteiger partial charge in [-0.2, -0.15) is 0 Å². The molecule has 0 amide bonds. The third-order valence-corrected chi connectivity index (χ3v) is 4.21. The quantitative estimate of drug-likeness (QED) is 0.616. The van der Waals surface area contributed by atoms with Gasteiger partial charge in [0.05, 0.1) is 4.47 Å². The molecule has 0 aliphatic rings. The second kappa shape index (κ2) is 7.46. The molecule has 0 aliphatic heterocycles. The maximum Gasteiger partial charge on any atom is 0.419 e. The van der Waals surface area contributed by atoms with Gasteiger partial charge < -0.3 is 14.2 Å². The molecule has 0 N–H and O–H groups in total. The minimum absolute atomic E-state index is 0.169. The van der Waals surface area contributed by atoms with Crippen LogP contribution in [0.4, 0.5) is 4.79 Å². The molecule has 0 saturated heterocycles. The SMILES string of the molecule is COCOc1ccc2ccc(COC(=O)n3ccnc3)cc2c1Br. The molecule has 1 aromatic heterocycles. The number of hydrogen-bond acceptors (Lipinski definition) is 5. The Hall–Kier alpha value is -2.38. The maximum absolute atomic E-state index is 11.8. The molecule has 1 heterocycles. The van der Waals surface area contributed by atoms with Crippen LogP contribution >= 0.6 is 15.9 Å². The van der Waals surface area contributed by atoms with Gasteiger partial charge in [-0.1, -0.05) is 18.2 Å². The Balaban J connectivity index is 1.79. The summed E-state index contributed by atoms with van der Waals surface area (Å²) >= 11 is 3.56.